The molecular formula is C11H26N2O3S. The van der Waals surface area contributed by atoms with E-state index in [-0.39, 0.29) is 0 Å². The van der Waals surface area contributed by atoms with E-state index < -0.39 is 15.3 Å². The molecule has 17 heavy (non-hydrogen) atoms. The molecule has 104 valence electrons. The van der Waals surface area contributed by atoms with Crippen molar-refractivity contribution in [2.75, 3.05) is 39.4 Å². The molecule has 0 aromatic heterocycles. The van der Waals surface area contributed by atoms with Crippen LogP contribution in [0.15, 0.2) is 0 Å². The molecule has 1 N–H and O–H groups in total. The first kappa shape index (κ1) is 16.8. The van der Waals surface area contributed by atoms with Crippen LogP contribution in [0.2, 0.25) is 0 Å². The molecule has 0 aliphatic rings. The van der Waals surface area contributed by atoms with Crippen molar-refractivity contribution in [3.8, 4) is 0 Å². The van der Waals surface area contributed by atoms with E-state index in [1.165, 1.54) is 4.31 Å². The molecule has 0 spiro atoms. The highest BCUT2D eigenvalue weighted by atomic mass is 32.2. The van der Waals surface area contributed by atoms with Crippen LogP contribution in [0.1, 0.15) is 27.7 Å². The quantitative estimate of drug-likeness (QED) is 0.591. The number of nitrogens with one attached hydrogen (secondary N) is 1. The average Bonchev–Trinajstić information content (AvgIpc) is 2.31. The highest BCUT2D eigenvalue weighted by molar-refractivity contribution is 7.89. The Morgan fingerprint density at radius 1 is 1.29 bits per heavy atom. The predicted octanol–water partition coefficient (Wildman–Crippen LogP) is 0.673. The minimum absolute atomic E-state index is 0.399. The molecule has 0 saturated heterocycles. The molecule has 0 aromatic carbocycles. The highest BCUT2D eigenvalue weighted by Gasteiger charge is 2.26. The normalized spacial score (nSPS) is 14.2. The van der Waals surface area contributed by atoms with E-state index in [0.717, 1.165) is 6.54 Å². The number of likely N-dealkylation sites (N-methyl/N-ethyl adjacent to an activating group) is 1. The highest BCUT2D eigenvalue weighted by Crippen LogP contribution is 2.08. The Morgan fingerprint density at radius 3 is 2.41 bits per heavy atom. The summed E-state index contributed by atoms with van der Waals surface area (Å²) in [7, 11) is -3.21. The third-order valence-electron chi connectivity index (χ3n) is 2.59. The van der Waals surface area contributed by atoms with Crippen LogP contribution >= 0.6 is 0 Å². The molecular weight excluding hydrogens is 240 g/mol. The predicted molar refractivity (Wildman–Crippen MR) is 70.7 cm³/mol. The topological polar surface area (TPSA) is 58.6 Å². The fourth-order valence-electron chi connectivity index (χ4n) is 1.48. The maximum Gasteiger partial charge on any atom is 0.218 e. The second-order valence-electron chi connectivity index (χ2n) is 3.85. The summed E-state index contributed by atoms with van der Waals surface area (Å²) in [6, 6.07) is 0. The van der Waals surface area contributed by atoms with Gasteiger partial charge in [-0.25, -0.2) is 8.42 Å². The Labute approximate surface area is 106 Å². The summed E-state index contributed by atoms with van der Waals surface area (Å²) in [6.07, 6.45) is 0. The number of hydrogen-bond acceptors (Lipinski definition) is 4. The zero-order chi connectivity index (χ0) is 13.3. The maximum atomic E-state index is 12.2. The zero-order valence-electron chi connectivity index (χ0n) is 11.4. The van der Waals surface area contributed by atoms with Gasteiger partial charge >= 0.3 is 0 Å². The van der Waals surface area contributed by atoms with E-state index in [4.69, 9.17) is 4.74 Å². The molecule has 0 aromatic rings. The summed E-state index contributed by atoms with van der Waals surface area (Å²) in [4.78, 5) is 0. The summed E-state index contributed by atoms with van der Waals surface area (Å²) < 4.78 is 31.1. The van der Waals surface area contributed by atoms with Crippen molar-refractivity contribution >= 4 is 10.0 Å². The third-order valence-corrected chi connectivity index (χ3v) is 4.94. The maximum absolute atomic E-state index is 12.2. The zero-order valence-corrected chi connectivity index (χ0v) is 12.2. The molecule has 6 heteroatoms. The van der Waals surface area contributed by atoms with Gasteiger partial charge in [0.1, 0.15) is 0 Å². The van der Waals surface area contributed by atoms with Crippen LogP contribution in [0.5, 0.6) is 0 Å². The lowest BCUT2D eigenvalue weighted by molar-refractivity contribution is 0.135. The minimum atomic E-state index is -3.21. The van der Waals surface area contributed by atoms with Gasteiger partial charge in [0, 0.05) is 26.2 Å². The monoisotopic (exact) mass is 266 g/mol. The number of nitrogens with zero attached hydrogens (tertiary/aromatic N) is 1. The van der Waals surface area contributed by atoms with Crippen molar-refractivity contribution in [1.82, 2.24) is 9.62 Å². The number of ether oxygens (including phenoxy) is 1. The van der Waals surface area contributed by atoms with Gasteiger partial charge in [0.15, 0.2) is 0 Å². The first-order valence-corrected chi connectivity index (χ1v) is 7.78. The van der Waals surface area contributed by atoms with Crippen LogP contribution in [0.3, 0.4) is 0 Å². The summed E-state index contributed by atoms with van der Waals surface area (Å²) in [5.41, 5.74) is 0. The Hall–Kier alpha value is -0.170. The molecule has 5 nitrogen and oxygen atoms in total. The van der Waals surface area contributed by atoms with Crippen molar-refractivity contribution in [2.45, 2.75) is 32.9 Å². The van der Waals surface area contributed by atoms with E-state index in [1.807, 2.05) is 20.8 Å². The fraction of sp³-hybridized carbons (Fsp3) is 1.00. The molecule has 0 heterocycles. The summed E-state index contributed by atoms with van der Waals surface area (Å²) in [5, 5.41) is 2.66. The van der Waals surface area contributed by atoms with Crippen molar-refractivity contribution in [3.63, 3.8) is 0 Å². The average molecular weight is 266 g/mol. The molecule has 0 aliphatic heterocycles. The van der Waals surface area contributed by atoms with Crippen LogP contribution in [-0.4, -0.2) is 57.4 Å². The van der Waals surface area contributed by atoms with Gasteiger partial charge in [-0.2, -0.15) is 4.31 Å². The molecule has 1 atom stereocenters. The summed E-state index contributed by atoms with van der Waals surface area (Å²) >= 11 is 0. The van der Waals surface area contributed by atoms with Gasteiger partial charge in [0.05, 0.1) is 11.9 Å². The molecule has 0 saturated carbocycles. The second kappa shape index (κ2) is 8.85. The van der Waals surface area contributed by atoms with E-state index in [0.29, 0.717) is 32.8 Å². The van der Waals surface area contributed by atoms with Crippen LogP contribution in [-0.2, 0) is 14.8 Å². The van der Waals surface area contributed by atoms with Gasteiger partial charge in [-0.05, 0) is 20.4 Å². The Kier molecular flexibility index (Phi) is 8.77. The number of rotatable bonds is 10. The van der Waals surface area contributed by atoms with Crippen molar-refractivity contribution in [2.24, 2.45) is 0 Å². The number of sulfonamides is 1. The summed E-state index contributed by atoms with van der Waals surface area (Å²) in [5.74, 6) is 0. The van der Waals surface area contributed by atoms with E-state index in [1.54, 1.807) is 6.92 Å². The molecule has 0 bridgehead atoms. The Balaban J connectivity index is 4.40. The Bertz CT molecular complexity index is 280. The summed E-state index contributed by atoms with van der Waals surface area (Å²) in [6.45, 7) is 10.7. The van der Waals surface area contributed by atoms with Gasteiger partial charge in [0.25, 0.3) is 0 Å². The molecule has 0 radical (unpaired) electrons. The van der Waals surface area contributed by atoms with Gasteiger partial charge in [-0.15, -0.1) is 0 Å². The van der Waals surface area contributed by atoms with E-state index in [2.05, 4.69) is 5.32 Å². The first-order valence-electron chi connectivity index (χ1n) is 6.28. The standard InChI is InChI=1S/C11H26N2O3S/c1-5-12-10-11(4)17(14,15)13(6-2)8-9-16-7-3/h11-12H,5-10H2,1-4H3. The van der Waals surface area contributed by atoms with Gasteiger partial charge in [0.2, 0.25) is 10.0 Å². The second-order valence-corrected chi connectivity index (χ2v) is 6.20. The molecule has 0 rings (SSSR count). The number of hydrogen-bond donors (Lipinski definition) is 1. The van der Waals surface area contributed by atoms with E-state index in [9.17, 15) is 8.42 Å². The molecule has 0 amide bonds. The minimum Gasteiger partial charge on any atom is -0.380 e. The van der Waals surface area contributed by atoms with Crippen molar-refractivity contribution in [1.29, 1.82) is 0 Å². The Morgan fingerprint density at radius 2 is 1.94 bits per heavy atom. The van der Waals surface area contributed by atoms with E-state index >= 15 is 0 Å². The smallest absolute Gasteiger partial charge is 0.218 e. The van der Waals surface area contributed by atoms with Crippen LogP contribution < -0.4 is 5.32 Å². The van der Waals surface area contributed by atoms with Gasteiger partial charge in [-0.1, -0.05) is 13.8 Å². The molecule has 0 fully saturated rings. The van der Waals surface area contributed by atoms with Crippen LogP contribution in [0.4, 0.5) is 0 Å². The largest absolute Gasteiger partial charge is 0.380 e. The third kappa shape index (κ3) is 5.81. The SMILES string of the molecule is CCNCC(C)S(=O)(=O)N(CC)CCOCC. The molecule has 0 aliphatic carbocycles. The van der Waals surface area contributed by atoms with Gasteiger partial charge in [-0.3, -0.25) is 0 Å². The lowest BCUT2D eigenvalue weighted by Crippen LogP contribution is -2.43. The van der Waals surface area contributed by atoms with Crippen molar-refractivity contribution in [3.05, 3.63) is 0 Å². The fourth-order valence-corrected chi connectivity index (χ4v) is 3.01. The van der Waals surface area contributed by atoms with Gasteiger partial charge < -0.3 is 10.1 Å². The first-order chi connectivity index (χ1) is 8.00. The van der Waals surface area contributed by atoms with Crippen LogP contribution in [0, 0.1) is 0 Å². The van der Waals surface area contributed by atoms with Crippen molar-refractivity contribution < 1.29 is 13.2 Å². The lowest BCUT2D eigenvalue weighted by Gasteiger charge is -2.24. The molecule has 1 unspecified atom stereocenters. The van der Waals surface area contributed by atoms with Crippen LogP contribution in [0.25, 0.3) is 0 Å². The lowest BCUT2D eigenvalue weighted by atomic mass is 10.5.